The van der Waals surface area contributed by atoms with Crippen molar-refractivity contribution in [1.29, 1.82) is 5.26 Å². The van der Waals surface area contributed by atoms with E-state index in [1.165, 1.54) is 0 Å². The lowest BCUT2D eigenvalue weighted by Crippen LogP contribution is -2.17. The number of phenols is 1. The first-order valence-electron chi connectivity index (χ1n) is 7.93. The van der Waals surface area contributed by atoms with Crippen LogP contribution in [0.4, 0.5) is 0 Å². The molecule has 0 aliphatic carbocycles. The van der Waals surface area contributed by atoms with Gasteiger partial charge in [0, 0.05) is 16.7 Å². The maximum Gasteiger partial charge on any atom is 0.127 e. The van der Waals surface area contributed by atoms with Crippen molar-refractivity contribution in [1.82, 2.24) is 0 Å². The smallest absolute Gasteiger partial charge is 0.127 e. The highest BCUT2D eigenvalue weighted by Gasteiger charge is 2.26. The summed E-state index contributed by atoms with van der Waals surface area (Å²) in [5.41, 5.74) is 3.94. The number of phenolic OH excluding ortho intramolecular Hbond substituents is 1. The van der Waals surface area contributed by atoms with E-state index in [4.69, 9.17) is 0 Å². The molecule has 2 aromatic rings. The summed E-state index contributed by atoms with van der Waals surface area (Å²) in [6.07, 6.45) is 0. The van der Waals surface area contributed by atoms with E-state index in [9.17, 15) is 10.4 Å². The van der Waals surface area contributed by atoms with Crippen molar-refractivity contribution in [3.63, 3.8) is 0 Å². The maximum atomic E-state index is 10.9. The molecule has 23 heavy (non-hydrogen) atoms. The molecule has 2 rings (SSSR count). The Kier molecular flexibility index (Phi) is 4.26. The van der Waals surface area contributed by atoms with Crippen molar-refractivity contribution in [2.75, 3.05) is 0 Å². The van der Waals surface area contributed by atoms with Crippen molar-refractivity contribution in [3.05, 3.63) is 53.1 Å². The molecule has 120 valence electrons. The summed E-state index contributed by atoms with van der Waals surface area (Å²) in [7, 11) is 0. The van der Waals surface area contributed by atoms with E-state index in [0.717, 1.165) is 22.3 Å². The highest BCUT2D eigenvalue weighted by atomic mass is 16.3. The molecule has 2 heteroatoms. The van der Waals surface area contributed by atoms with Crippen LogP contribution >= 0.6 is 0 Å². The monoisotopic (exact) mass is 307 g/mol. The Bertz CT molecular complexity index is 768. The molecule has 0 spiro atoms. The zero-order valence-corrected chi connectivity index (χ0v) is 14.9. The summed E-state index contributed by atoms with van der Waals surface area (Å²) in [6.45, 7) is 12.8. The number of hydrogen-bond acceptors (Lipinski definition) is 2. The van der Waals surface area contributed by atoms with Crippen molar-refractivity contribution in [2.45, 2.75) is 52.4 Å². The predicted molar refractivity (Wildman–Crippen MR) is 95.7 cm³/mol. The van der Waals surface area contributed by atoms with Crippen LogP contribution in [-0.4, -0.2) is 5.11 Å². The number of hydrogen-bond donors (Lipinski definition) is 1. The van der Waals surface area contributed by atoms with Gasteiger partial charge < -0.3 is 5.11 Å². The van der Waals surface area contributed by atoms with E-state index in [2.05, 4.69) is 53.7 Å². The molecule has 0 aliphatic heterocycles. The van der Waals surface area contributed by atoms with Gasteiger partial charge in [-0.25, -0.2) is 0 Å². The van der Waals surface area contributed by atoms with Crippen LogP contribution in [0.15, 0.2) is 36.4 Å². The van der Waals surface area contributed by atoms with Gasteiger partial charge in [0.1, 0.15) is 5.75 Å². The van der Waals surface area contributed by atoms with Crippen LogP contribution in [0, 0.1) is 11.3 Å². The zero-order chi connectivity index (χ0) is 17.4. The molecule has 1 N–H and O–H groups in total. The molecule has 0 fully saturated rings. The normalized spacial score (nSPS) is 12.0. The van der Waals surface area contributed by atoms with Gasteiger partial charge in [0.05, 0.1) is 11.6 Å². The van der Waals surface area contributed by atoms with Crippen LogP contribution in [0.3, 0.4) is 0 Å². The molecule has 0 atom stereocenters. The Balaban J connectivity index is 2.86. The fraction of sp³-hybridized carbons (Fsp3) is 0.381. The first-order valence-corrected chi connectivity index (χ1v) is 7.93. The Morgan fingerprint density at radius 2 is 1.48 bits per heavy atom. The molecule has 0 unspecified atom stereocenters. The van der Waals surface area contributed by atoms with Crippen molar-refractivity contribution < 1.29 is 5.11 Å². The Hall–Kier alpha value is -2.27. The van der Waals surface area contributed by atoms with Crippen LogP contribution in [0.2, 0.25) is 0 Å². The largest absolute Gasteiger partial charge is 0.507 e. The van der Waals surface area contributed by atoms with Gasteiger partial charge in [0.25, 0.3) is 0 Å². The minimum atomic E-state index is -0.179. The molecule has 0 aliphatic rings. The number of rotatable bonds is 1. The van der Waals surface area contributed by atoms with E-state index in [1.807, 2.05) is 24.3 Å². The second-order valence-electron chi connectivity index (χ2n) is 8.08. The van der Waals surface area contributed by atoms with Gasteiger partial charge in [0.15, 0.2) is 0 Å². The van der Waals surface area contributed by atoms with Gasteiger partial charge in [0.2, 0.25) is 0 Å². The second-order valence-corrected chi connectivity index (χ2v) is 8.08. The fourth-order valence-electron chi connectivity index (χ4n) is 2.66. The summed E-state index contributed by atoms with van der Waals surface area (Å²) >= 11 is 0. The molecular weight excluding hydrogens is 282 g/mol. The molecule has 0 amide bonds. The maximum absolute atomic E-state index is 10.9. The second kappa shape index (κ2) is 5.74. The van der Waals surface area contributed by atoms with Gasteiger partial charge in [-0.15, -0.1) is 0 Å². The molecule has 2 aromatic carbocycles. The van der Waals surface area contributed by atoms with Crippen LogP contribution in [0.1, 0.15) is 58.2 Å². The summed E-state index contributed by atoms with van der Waals surface area (Å²) in [4.78, 5) is 0. The topological polar surface area (TPSA) is 44.0 Å². The van der Waals surface area contributed by atoms with Crippen molar-refractivity contribution >= 4 is 0 Å². The number of benzene rings is 2. The molecule has 2 nitrogen and oxygen atoms in total. The van der Waals surface area contributed by atoms with Gasteiger partial charge in [-0.1, -0.05) is 65.8 Å². The minimum Gasteiger partial charge on any atom is -0.507 e. The first-order chi connectivity index (χ1) is 10.6. The average molecular weight is 307 g/mol. The van der Waals surface area contributed by atoms with Gasteiger partial charge in [-0.05, 0) is 28.5 Å². The summed E-state index contributed by atoms with van der Waals surface area (Å²) < 4.78 is 0. The highest BCUT2D eigenvalue weighted by molar-refractivity contribution is 5.78. The van der Waals surface area contributed by atoms with E-state index < -0.39 is 0 Å². The molecule has 0 saturated heterocycles. The lowest BCUT2D eigenvalue weighted by Gasteiger charge is -2.27. The summed E-state index contributed by atoms with van der Waals surface area (Å²) in [6, 6.07) is 13.8. The Morgan fingerprint density at radius 3 is 2.00 bits per heavy atom. The molecule has 0 radical (unpaired) electrons. The van der Waals surface area contributed by atoms with E-state index in [1.54, 1.807) is 6.07 Å². The fourth-order valence-corrected chi connectivity index (χ4v) is 2.66. The third kappa shape index (κ3) is 3.40. The average Bonchev–Trinajstić information content (AvgIpc) is 2.45. The molecule has 0 aromatic heterocycles. The van der Waals surface area contributed by atoms with Crippen LogP contribution < -0.4 is 0 Å². The number of nitriles is 1. The first kappa shape index (κ1) is 17.1. The number of nitrogens with zero attached hydrogens (tertiary/aromatic N) is 1. The molecular formula is C21H25NO. The van der Waals surface area contributed by atoms with Gasteiger partial charge >= 0.3 is 0 Å². The van der Waals surface area contributed by atoms with Crippen LogP contribution in [-0.2, 0) is 10.8 Å². The van der Waals surface area contributed by atoms with E-state index in [-0.39, 0.29) is 16.6 Å². The minimum absolute atomic E-state index is 0.0377. The quantitative estimate of drug-likeness (QED) is 0.753. The van der Waals surface area contributed by atoms with E-state index in [0.29, 0.717) is 5.56 Å². The highest BCUT2D eigenvalue weighted by Crippen LogP contribution is 2.42. The molecule has 0 saturated carbocycles. The number of aromatic hydroxyl groups is 1. The molecule has 0 bridgehead atoms. The summed E-state index contributed by atoms with van der Waals surface area (Å²) in [5, 5.41) is 20.3. The SMILES string of the molecule is CC(C)(C)c1cc(-c2ccccc2C#N)c(O)c(C(C)(C)C)c1. The van der Waals surface area contributed by atoms with Crippen LogP contribution in [0.25, 0.3) is 11.1 Å². The van der Waals surface area contributed by atoms with Gasteiger partial charge in [-0.3, -0.25) is 0 Å². The third-order valence-electron chi connectivity index (χ3n) is 4.12. The van der Waals surface area contributed by atoms with Crippen molar-refractivity contribution in [3.8, 4) is 22.9 Å². The lowest BCUT2D eigenvalue weighted by molar-refractivity contribution is 0.446. The zero-order valence-electron chi connectivity index (χ0n) is 14.9. The standard InChI is InChI=1S/C21H25NO/c1-20(2,3)15-11-17(16-10-8-7-9-14(16)13-22)19(23)18(12-15)21(4,5)6/h7-12,23H,1-6H3. The van der Waals surface area contributed by atoms with E-state index >= 15 is 0 Å². The van der Waals surface area contributed by atoms with Crippen molar-refractivity contribution in [2.24, 2.45) is 0 Å². The predicted octanol–water partition coefficient (Wildman–Crippen LogP) is 5.53. The van der Waals surface area contributed by atoms with Crippen LogP contribution in [0.5, 0.6) is 5.75 Å². The summed E-state index contributed by atoms with van der Waals surface area (Å²) in [5.74, 6) is 0.271. The van der Waals surface area contributed by atoms with Gasteiger partial charge in [-0.2, -0.15) is 5.26 Å². The lowest BCUT2D eigenvalue weighted by atomic mass is 9.78. The Labute approximate surface area is 139 Å². The molecule has 0 heterocycles. The Morgan fingerprint density at radius 1 is 0.870 bits per heavy atom. The third-order valence-corrected chi connectivity index (χ3v) is 4.12.